The molecular weight excluding hydrogens is 528 g/mol. The summed E-state index contributed by atoms with van der Waals surface area (Å²) in [5.41, 5.74) is 8.46. The van der Waals surface area contributed by atoms with Crippen molar-refractivity contribution in [3.8, 4) is 23.5 Å². The monoisotopic (exact) mass is 548 g/mol. The summed E-state index contributed by atoms with van der Waals surface area (Å²) in [5.74, 6) is 0. The van der Waals surface area contributed by atoms with Crippen molar-refractivity contribution in [1.29, 1.82) is 10.5 Å². The van der Waals surface area contributed by atoms with Crippen molar-refractivity contribution in [2.45, 2.75) is 0 Å². The minimum Gasteiger partial charge on any atom is -0.455 e. The van der Waals surface area contributed by atoms with Crippen molar-refractivity contribution >= 4 is 65.6 Å². The fourth-order valence-electron chi connectivity index (χ4n) is 6.76. The predicted molar refractivity (Wildman–Crippen MR) is 172 cm³/mol. The van der Waals surface area contributed by atoms with Gasteiger partial charge in [-0.2, -0.15) is 10.5 Å². The molecule has 9 aromatic rings. The molecule has 0 saturated carbocycles. The molecule has 9 rings (SSSR count). The molecule has 0 aliphatic carbocycles. The maximum absolute atomic E-state index is 10.1. The number of rotatable bonds is 2. The van der Waals surface area contributed by atoms with Gasteiger partial charge in [-0.3, -0.25) is 0 Å². The molecule has 3 aromatic heterocycles. The van der Waals surface area contributed by atoms with E-state index in [2.05, 4.69) is 106 Å². The molecule has 0 bridgehead atoms. The standard InChI is InChI=1S/C38H20N4O/c39-21-23-13-16-31(24(19-23)22-40)42-34-17-14-25(41-32-10-4-1-7-26(32)27-8-2-5-11-33(27)41)20-30(34)37-35(42)18-15-29-28-9-3-6-12-36(28)43-38(29)37/h1-20H. The van der Waals surface area contributed by atoms with Crippen molar-refractivity contribution in [2.75, 3.05) is 0 Å². The first-order valence-electron chi connectivity index (χ1n) is 14.1. The molecule has 0 amide bonds. The Bertz CT molecular complexity index is 2650. The van der Waals surface area contributed by atoms with Crippen LogP contribution in [-0.4, -0.2) is 9.13 Å². The lowest BCUT2D eigenvalue weighted by atomic mass is 10.1. The first kappa shape index (κ1) is 23.4. The SMILES string of the molecule is N#Cc1ccc(-n2c3ccc(-n4c5ccccc5c5ccccc54)cc3c3c4oc5ccccc5c4ccc32)c(C#N)c1. The second-order valence-electron chi connectivity index (χ2n) is 10.8. The molecule has 6 aromatic carbocycles. The topological polar surface area (TPSA) is 70.6 Å². The van der Waals surface area contributed by atoms with E-state index >= 15 is 0 Å². The molecule has 198 valence electrons. The normalized spacial score (nSPS) is 11.7. The maximum atomic E-state index is 10.1. The number of nitrogens with zero attached hydrogens (tertiary/aromatic N) is 4. The Morgan fingerprint density at radius 3 is 1.93 bits per heavy atom. The van der Waals surface area contributed by atoms with E-state index in [0.29, 0.717) is 11.1 Å². The van der Waals surface area contributed by atoms with Crippen LogP contribution in [0.5, 0.6) is 0 Å². The number of benzene rings is 6. The Morgan fingerprint density at radius 2 is 1.19 bits per heavy atom. The number of nitriles is 2. The predicted octanol–water partition coefficient (Wildman–Crippen LogP) is 9.52. The fraction of sp³-hybridized carbons (Fsp3) is 0. The second kappa shape index (κ2) is 8.60. The van der Waals surface area contributed by atoms with E-state index in [1.807, 2.05) is 24.3 Å². The molecule has 5 nitrogen and oxygen atoms in total. The van der Waals surface area contributed by atoms with Gasteiger partial charge in [0.15, 0.2) is 0 Å². The van der Waals surface area contributed by atoms with Gasteiger partial charge in [0.25, 0.3) is 0 Å². The van der Waals surface area contributed by atoms with Crippen LogP contribution in [0.25, 0.3) is 76.9 Å². The molecule has 0 saturated heterocycles. The van der Waals surface area contributed by atoms with Gasteiger partial charge in [0, 0.05) is 32.6 Å². The number of furan rings is 1. The number of hydrogen-bond acceptors (Lipinski definition) is 3. The zero-order chi connectivity index (χ0) is 28.7. The molecule has 0 atom stereocenters. The second-order valence-corrected chi connectivity index (χ2v) is 10.8. The third-order valence-corrected chi connectivity index (χ3v) is 8.58. The van der Waals surface area contributed by atoms with Crippen molar-refractivity contribution in [2.24, 2.45) is 0 Å². The third kappa shape index (κ3) is 3.14. The number of para-hydroxylation sites is 3. The summed E-state index contributed by atoms with van der Waals surface area (Å²) in [7, 11) is 0. The van der Waals surface area contributed by atoms with Gasteiger partial charge in [-0.25, -0.2) is 0 Å². The quantitative estimate of drug-likeness (QED) is 0.216. The van der Waals surface area contributed by atoms with Crippen LogP contribution in [-0.2, 0) is 0 Å². The summed E-state index contributed by atoms with van der Waals surface area (Å²) in [4.78, 5) is 0. The van der Waals surface area contributed by atoms with Gasteiger partial charge in [0.1, 0.15) is 17.2 Å². The van der Waals surface area contributed by atoms with Gasteiger partial charge in [-0.1, -0.05) is 54.6 Å². The van der Waals surface area contributed by atoms with E-state index < -0.39 is 0 Å². The summed E-state index contributed by atoms with van der Waals surface area (Å²) >= 11 is 0. The Hall–Kier alpha value is -6.30. The van der Waals surface area contributed by atoms with Crippen LogP contribution in [0.3, 0.4) is 0 Å². The Labute approximate surface area is 245 Å². The minimum atomic E-state index is 0.439. The summed E-state index contributed by atoms with van der Waals surface area (Å²) in [6.07, 6.45) is 0. The summed E-state index contributed by atoms with van der Waals surface area (Å²) < 4.78 is 11.0. The minimum absolute atomic E-state index is 0.439. The zero-order valence-electron chi connectivity index (χ0n) is 22.7. The zero-order valence-corrected chi connectivity index (χ0v) is 22.7. The molecule has 5 heteroatoms. The molecule has 0 N–H and O–H groups in total. The Kier molecular flexibility index (Phi) is 4.68. The summed E-state index contributed by atoms with van der Waals surface area (Å²) in [5, 5.41) is 26.2. The van der Waals surface area contributed by atoms with Gasteiger partial charge in [-0.15, -0.1) is 0 Å². The number of aromatic nitrogens is 2. The summed E-state index contributed by atoms with van der Waals surface area (Å²) in [6, 6.07) is 45.6. The van der Waals surface area contributed by atoms with Crippen LogP contribution >= 0.6 is 0 Å². The van der Waals surface area contributed by atoms with Crippen molar-refractivity contribution < 1.29 is 4.42 Å². The van der Waals surface area contributed by atoms with E-state index in [1.54, 1.807) is 12.1 Å². The highest BCUT2D eigenvalue weighted by Crippen LogP contribution is 2.42. The molecular formula is C38H20N4O. The molecule has 0 spiro atoms. The van der Waals surface area contributed by atoms with Crippen molar-refractivity contribution in [3.05, 3.63) is 132 Å². The van der Waals surface area contributed by atoms with E-state index in [9.17, 15) is 10.5 Å². The van der Waals surface area contributed by atoms with E-state index in [4.69, 9.17) is 4.42 Å². The molecule has 0 aliphatic heterocycles. The maximum Gasteiger partial charge on any atom is 0.145 e. The third-order valence-electron chi connectivity index (χ3n) is 8.58. The fourth-order valence-corrected chi connectivity index (χ4v) is 6.76. The van der Waals surface area contributed by atoms with Crippen molar-refractivity contribution in [1.82, 2.24) is 9.13 Å². The lowest BCUT2D eigenvalue weighted by Crippen LogP contribution is -1.98. The van der Waals surface area contributed by atoms with Crippen LogP contribution in [0.15, 0.2) is 126 Å². The smallest absolute Gasteiger partial charge is 0.145 e. The van der Waals surface area contributed by atoms with E-state index in [-0.39, 0.29) is 0 Å². The van der Waals surface area contributed by atoms with E-state index in [0.717, 1.165) is 66.2 Å². The average molecular weight is 549 g/mol. The molecule has 0 fully saturated rings. The lowest BCUT2D eigenvalue weighted by molar-refractivity contribution is 0.673. The van der Waals surface area contributed by atoms with Crippen LogP contribution in [0.4, 0.5) is 0 Å². The van der Waals surface area contributed by atoms with Gasteiger partial charge >= 0.3 is 0 Å². The first-order chi connectivity index (χ1) is 21.2. The van der Waals surface area contributed by atoms with Gasteiger partial charge < -0.3 is 13.6 Å². The van der Waals surface area contributed by atoms with Crippen LogP contribution in [0.2, 0.25) is 0 Å². The van der Waals surface area contributed by atoms with Crippen LogP contribution in [0.1, 0.15) is 11.1 Å². The van der Waals surface area contributed by atoms with Gasteiger partial charge in [0.05, 0.1) is 50.3 Å². The number of fused-ring (bicyclic) bond motifs is 10. The first-order valence-corrected chi connectivity index (χ1v) is 14.1. The molecule has 3 heterocycles. The lowest BCUT2D eigenvalue weighted by Gasteiger charge is -2.11. The summed E-state index contributed by atoms with van der Waals surface area (Å²) in [6.45, 7) is 0. The van der Waals surface area contributed by atoms with Crippen LogP contribution in [0, 0.1) is 22.7 Å². The highest BCUT2D eigenvalue weighted by atomic mass is 16.3. The molecule has 0 radical (unpaired) electrons. The highest BCUT2D eigenvalue weighted by Gasteiger charge is 2.21. The molecule has 43 heavy (non-hydrogen) atoms. The average Bonchev–Trinajstić information content (AvgIpc) is 3.71. The number of hydrogen-bond donors (Lipinski definition) is 0. The Balaban J connectivity index is 1.45. The van der Waals surface area contributed by atoms with Gasteiger partial charge in [-0.05, 0) is 66.7 Å². The largest absolute Gasteiger partial charge is 0.455 e. The van der Waals surface area contributed by atoms with E-state index in [1.165, 1.54) is 10.8 Å². The van der Waals surface area contributed by atoms with Gasteiger partial charge in [0.2, 0.25) is 0 Å². The Morgan fingerprint density at radius 1 is 0.512 bits per heavy atom. The molecule has 0 aliphatic rings. The van der Waals surface area contributed by atoms with Crippen molar-refractivity contribution in [3.63, 3.8) is 0 Å². The van der Waals surface area contributed by atoms with Crippen LogP contribution < -0.4 is 0 Å². The highest BCUT2D eigenvalue weighted by molar-refractivity contribution is 6.24. The molecule has 0 unspecified atom stereocenters.